The zero-order valence-corrected chi connectivity index (χ0v) is 18.5. The van der Waals surface area contributed by atoms with Crippen molar-refractivity contribution >= 4 is 11.6 Å². The van der Waals surface area contributed by atoms with Gasteiger partial charge in [-0.25, -0.2) is 0 Å². The minimum atomic E-state index is -1.44. The fraction of sp³-hybridized carbons (Fsp3) is 0.333. The Kier molecular flexibility index (Phi) is 7.10. The van der Waals surface area contributed by atoms with Gasteiger partial charge >= 0.3 is 0 Å². The molecular weight excluding hydrogens is 448 g/mol. The number of aryl methyl sites for hydroxylation is 1. The lowest BCUT2D eigenvalue weighted by Crippen LogP contribution is -2.55. The molecule has 3 aromatic rings. The van der Waals surface area contributed by atoms with Gasteiger partial charge in [0.05, 0.1) is 6.61 Å². The van der Waals surface area contributed by atoms with Crippen LogP contribution in [0.25, 0.3) is 0 Å². The lowest BCUT2D eigenvalue weighted by Gasteiger charge is -2.40. The molecule has 0 radical (unpaired) electrons. The molecular formula is C24H23ClN2O6. The summed E-state index contributed by atoms with van der Waals surface area (Å²) in [5.41, 5.74) is 3.17. The summed E-state index contributed by atoms with van der Waals surface area (Å²) in [5, 5.41) is 44.2. The number of halogens is 1. The predicted molar refractivity (Wildman–Crippen MR) is 118 cm³/mol. The monoisotopic (exact) mass is 470 g/mol. The number of aromatic nitrogens is 2. The fourth-order valence-corrected chi connectivity index (χ4v) is 3.87. The molecule has 0 saturated carbocycles. The van der Waals surface area contributed by atoms with Gasteiger partial charge in [-0.3, -0.25) is 0 Å². The summed E-state index contributed by atoms with van der Waals surface area (Å²) < 4.78 is 10.6. The number of hydrogen-bond donors (Lipinski definition) is 4. The van der Waals surface area contributed by atoms with Crippen LogP contribution in [0, 0.1) is 18.8 Å². The van der Waals surface area contributed by atoms with Crippen molar-refractivity contribution in [2.24, 2.45) is 0 Å². The van der Waals surface area contributed by atoms with E-state index in [1.807, 2.05) is 24.3 Å². The first kappa shape index (κ1) is 23.4. The Bertz CT molecular complexity index is 1170. The fourth-order valence-electron chi connectivity index (χ4n) is 3.69. The Morgan fingerprint density at radius 3 is 2.42 bits per heavy atom. The smallest absolute Gasteiger partial charge is 0.246 e. The van der Waals surface area contributed by atoms with Gasteiger partial charge in [0.2, 0.25) is 11.7 Å². The van der Waals surface area contributed by atoms with E-state index in [9.17, 15) is 20.4 Å². The minimum Gasteiger partial charge on any atom is -0.394 e. The first-order valence-corrected chi connectivity index (χ1v) is 10.7. The number of hydrogen-bond acceptors (Lipinski definition) is 8. The molecule has 1 aromatic heterocycles. The lowest BCUT2D eigenvalue weighted by atomic mass is 9.90. The standard InChI is InChI=1S/C24H23ClN2O6/c1-13-26-20(27-33-13)9-6-14-2-4-15(5-3-14)10-17-11-16(7-8-18(17)25)24-23(31)22(30)21(29)19(12-28)32-24/h2-5,7-8,11,19,21-24,28-31H,10,12H2,1H3/t19-,21-,22+,23-,24+/m1/s1. The first-order valence-electron chi connectivity index (χ1n) is 10.4. The van der Waals surface area contributed by atoms with E-state index >= 15 is 0 Å². The Hall–Kier alpha value is -2.77. The van der Waals surface area contributed by atoms with Crippen LogP contribution in [-0.2, 0) is 11.2 Å². The molecule has 8 nitrogen and oxygen atoms in total. The molecule has 2 aromatic carbocycles. The van der Waals surface area contributed by atoms with Crippen molar-refractivity contribution in [1.29, 1.82) is 0 Å². The van der Waals surface area contributed by atoms with E-state index in [1.165, 1.54) is 0 Å². The van der Waals surface area contributed by atoms with Crippen LogP contribution < -0.4 is 0 Å². The molecule has 33 heavy (non-hydrogen) atoms. The van der Waals surface area contributed by atoms with Crippen molar-refractivity contribution in [1.82, 2.24) is 10.1 Å². The molecule has 1 saturated heterocycles. The molecule has 0 aliphatic carbocycles. The second-order valence-electron chi connectivity index (χ2n) is 7.86. The summed E-state index contributed by atoms with van der Waals surface area (Å²) >= 11 is 6.40. The van der Waals surface area contributed by atoms with Crippen molar-refractivity contribution in [3.05, 3.63) is 81.5 Å². The van der Waals surface area contributed by atoms with Crippen LogP contribution in [0.2, 0.25) is 5.02 Å². The highest BCUT2D eigenvalue weighted by molar-refractivity contribution is 6.31. The number of nitrogens with zero attached hydrogens (tertiary/aromatic N) is 2. The predicted octanol–water partition coefficient (Wildman–Crippen LogP) is 1.54. The summed E-state index contributed by atoms with van der Waals surface area (Å²) in [6.07, 6.45) is -5.57. The van der Waals surface area contributed by atoms with Gasteiger partial charge in [0.1, 0.15) is 30.5 Å². The van der Waals surface area contributed by atoms with E-state index in [4.69, 9.17) is 20.9 Å². The van der Waals surface area contributed by atoms with Crippen molar-refractivity contribution in [2.75, 3.05) is 6.61 Å². The molecule has 4 N–H and O–H groups in total. The average molecular weight is 471 g/mol. The van der Waals surface area contributed by atoms with E-state index in [2.05, 4.69) is 22.0 Å². The molecule has 0 bridgehead atoms. The molecule has 0 spiro atoms. The normalized spacial score (nSPS) is 24.8. The zero-order chi connectivity index (χ0) is 23.5. The van der Waals surface area contributed by atoms with E-state index in [-0.39, 0.29) is 0 Å². The Labute approximate surface area is 195 Å². The highest BCUT2D eigenvalue weighted by atomic mass is 35.5. The average Bonchev–Trinajstić information content (AvgIpc) is 3.24. The molecule has 4 rings (SSSR count). The van der Waals surface area contributed by atoms with Crippen LogP contribution in [0.3, 0.4) is 0 Å². The van der Waals surface area contributed by atoms with Crippen LogP contribution in [0.5, 0.6) is 0 Å². The summed E-state index contributed by atoms with van der Waals surface area (Å²) in [6.45, 7) is 1.22. The van der Waals surface area contributed by atoms with Gasteiger partial charge in [-0.15, -0.1) is 0 Å². The molecule has 5 atom stereocenters. The summed E-state index contributed by atoms with van der Waals surface area (Å²) in [4.78, 5) is 4.04. The maximum Gasteiger partial charge on any atom is 0.246 e. The summed E-state index contributed by atoms with van der Waals surface area (Å²) in [7, 11) is 0. The molecule has 9 heteroatoms. The van der Waals surface area contributed by atoms with E-state index in [1.54, 1.807) is 25.1 Å². The third-order valence-corrected chi connectivity index (χ3v) is 5.85. The molecule has 2 heterocycles. The third kappa shape index (κ3) is 5.25. The van der Waals surface area contributed by atoms with Gasteiger partial charge in [-0.1, -0.05) is 41.8 Å². The van der Waals surface area contributed by atoms with Crippen LogP contribution in [0.4, 0.5) is 0 Å². The Morgan fingerprint density at radius 2 is 1.76 bits per heavy atom. The number of rotatable bonds is 4. The van der Waals surface area contributed by atoms with Gasteiger partial charge in [-0.2, -0.15) is 4.98 Å². The molecule has 1 fully saturated rings. The number of benzene rings is 2. The van der Waals surface area contributed by atoms with Crippen molar-refractivity contribution in [3.63, 3.8) is 0 Å². The van der Waals surface area contributed by atoms with E-state index < -0.39 is 37.1 Å². The number of ether oxygens (including phenoxy) is 1. The molecule has 0 amide bonds. The minimum absolute atomic E-state index is 0.327. The SMILES string of the molecule is Cc1nc(C#Cc2ccc(Cc3cc([C@@H]4O[C@H](CO)[C@@H](O)[C@H](O)[C@H]4O)ccc3Cl)cc2)no1. The zero-order valence-electron chi connectivity index (χ0n) is 17.7. The molecule has 172 valence electrons. The van der Waals surface area contributed by atoms with Crippen LogP contribution in [0.15, 0.2) is 47.0 Å². The summed E-state index contributed by atoms with van der Waals surface area (Å²) in [6, 6.07) is 12.8. The quantitative estimate of drug-likeness (QED) is 0.422. The largest absolute Gasteiger partial charge is 0.394 e. The first-order chi connectivity index (χ1) is 15.9. The number of aliphatic hydroxyl groups excluding tert-OH is 4. The summed E-state index contributed by atoms with van der Waals surface area (Å²) in [5.74, 6) is 6.61. The van der Waals surface area contributed by atoms with Gasteiger partial charge < -0.3 is 29.7 Å². The van der Waals surface area contributed by atoms with Crippen LogP contribution >= 0.6 is 11.6 Å². The Morgan fingerprint density at radius 1 is 1.00 bits per heavy atom. The Balaban J connectivity index is 1.51. The lowest BCUT2D eigenvalue weighted by molar-refractivity contribution is -0.231. The second kappa shape index (κ2) is 10.0. The van der Waals surface area contributed by atoms with Crippen molar-refractivity contribution in [3.8, 4) is 11.8 Å². The highest BCUT2D eigenvalue weighted by Gasteiger charge is 2.44. The van der Waals surface area contributed by atoms with E-state index in [0.29, 0.717) is 28.7 Å². The second-order valence-corrected chi connectivity index (χ2v) is 8.27. The molecule has 0 unspecified atom stereocenters. The maximum absolute atomic E-state index is 10.4. The van der Waals surface area contributed by atoms with E-state index in [0.717, 1.165) is 16.7 Å². The third-order valence-electron chi connectivity index (χ3n) is 5.49. The van der Waals surface area contributed by atoms with Gasteiger partial charge in [-0.05, 0) is 52.4 Å². The maximum atomic E-state index is 10.4. The molecule has 1 aliphatic rings. The van der Waals surface area contributed by atoms with Crippen molar-refractivity contribution < 1.29 is 29.7 Å². The van der Waals surface area contributed by atoms with Crippen molar-refractivity contribution in [2.45, 2.75) is 43.9 Å². The van der Waals surface area contributed by atoms with Gasteiger partial charge in [0.25, 0.3) is 0 Å². The highest BCUT2D eigenvalue weighted by Crippen LogP contribution is 2.34. The van der Waals surface area contributed by atoms with Gasteiger partial charge in [0, 0.05) is 17.5 Å². The van der Waals surface area contributed by atoms with Crippen LogP contribution in [-0.4, -0.2) is 61.6 Å². The van der Waals surface area contributed by atoms with Gasteiger partial charge in [0.15, 0.2) is 0 Å². The molecule has 1 aliphatic heterocycles. The number of aliphatic hydroxyl groups is 4. The van der Waals surface area contributed by atoms with Crippen LogP contribution in [0.1, 0.15) is 40.1 Å². The topological polar surface area (TPSA) is 129 Å².